The largest absolute Gasteiger partial charge is 0.394 e. The Labute approximate surface area is 96.5 Å². The van der Waals surface area contributed by atoms with Crippen LogP contribution in [0.3, 0.4) is 0 Å². The lowest BCUT2D eigenvalue weighted by Crippen LogP contribution is -2.48. The summed E-state index contributed by atoms with van der Waals surface area (Å²) in [6.07, 6.45) is 0.950. The monoisotopic (exact) mass is 227 g/mol. The highest BCUT2D eigenvalue weighted by Crippen LogP contribution is 2.34. The van der Waals surface area contributed by atoms with E-state index in [0.717, 1.165) is 19.5 Å². The van der Waals surface area contributed by atoms with Gasteiger partial charge in [0.15, 0.2) is 0 Å². The molecule has 0 aliphatic carbocycles. The molecule has 0 aliphatic heterocycles. The number of hydrogen-bond donors (Lipinski definition) is 1. The van der Waals surface area contributed by atoms with Crippen molar-refractivity contribution in [2.24, 2.45) is 0 Å². The Morgan fingerprint density at radius 2 is 2.00 bits per heavy atom. The number of rotatable bonds is 6. The first kappa shape index (κ1) is 12.7. The van der Waals surface area contributed by atoms with Crippen molar-refractivity contribution in [2.45, 2.75) is 32.7 Å². The molecule has 0 spiro atoms. The molecule has 0 radical (unpaired) electrons. The Morgan fingerprint density at radius 3 is 2.33 bits per heavy atom. The number of aliphatic hydroxyl groups is 1. The molecule has 0 bridgehead atoms. The lowest BCUT2D eigenvalue weighted by molar-refractivity contribution is 0.0327. The van der Waals surface area contributed by atoms with Crippen LogP contribution < -0.4 is 0 Å². The molecular weight excluding hydrogens is 206 g/mol. The minimum Gasteiger partial charge on any atom is -0.394 e. The van der Waals surface area contributed by atoms with E-state index >= 15 is 0 Å². The normalized spacial score (nSPS) is 15.5. The predicted molar refractivity (Wildman–Crippen MR) is 66.3 cm³/mol. The minimum atomic E-state index is -0.169. The van der Waals surface area contributed by atoms with Gasteiger partial charge in [-0.2, -0.15) is 0 Å². The predicted octanol–water partition coefficient (Wildman–Crippen LogP) is 2.69. The van der Waals surface area contributed by atoms with E-state index in [9.17, 15) is 5.11 Å². The SMILES string of the molecule is CCN(CC)C(CC)(CO)c1cccs1. The second-order valence-electron chi connectivity index (χ2n) is 3.69. The highest BCUT2D eigenvalue weighted by atomic mass is 32.1. The van der Waals surface area contributed by atoms with Crippen LogP contribution in [0.4, 0.5) is 0 Å². The standard InChI is InChI=1S/C12H21NOS/c1-4-12(10-14,13(5-2)6-3)11-8-7-9-15-11/h7-9,14H,4-6,10H2,1-3H3. The summed E-state index contributed by atoms with van der Waals surface area (Å²) < 4.78 is 0. The highest BCUT2D eigenvalue weighted by Gasteiger charge is 2.35. The van der Waals surface area contributed by atoms with Gasteiger partial charge in [-0.25, -0.2) is 0 Å². The zero-order valence-corrected chi connectivity index (χ0v) is 10.7. The average Bonchev–Trinajstić information content (AvgIpc) is 2.80. The van der Waals surface area contributed by atoms with Crippen LogP contribution in [0.1, 0.15) is 32.1 Å². The molecule has 1 atom stereocenters. The van der Waals surface area contributed by atoms with Crippen molar-refractivity contribution < 1.29 is 5.11 Å². The summed E-state index contributed by atoms with van der Waals surface area (Å²) in [5.74, 6) is 0. The quantitative estimate of drug-likeness (QED) is 0.807. The molecule has 2 nitrogen and oxygen atoms in total. The van der Waals surface area contributed by atoms with Crippen molar-refractivity contribution in [3.63, 3.8) is 0 Å². The molecule has 15 heavy (non-hydrogen) atoms. The Kier molecular flexibility index (Phi) is 4.77. The molecule has 0 saturated heterocycles. The van der Waals surface area contributed by atoms with Gasteiger partial charge in [-0.1, -0.05) is 26.8 Å². The number of hydrogen-bond acceptors (Lipinski definition) is 3. The van der Waals surface area contributed by atoms with E-state index in [2.05, 4.69) is 43.2 Å². The van der Waals surface area contributed by atoms with Crippen molar-refractivity contribution >= 4 is 11.3 Å². The first-order valence-electron chi connectivity index (χ1n) is 5.65. The van der Waals surface area contributed by atoms with Crippen LogP contribution in [-0.4, -0.2) is 29.7 Å². The van der Waals surface area contributed by atoms with Gasteiger partial charge < -0.3 is 5.11 Å². The summed E-state index contributed by atoms with van der Waals surface area (Å²) in [5.41, 5.74) is -0.169. The van der Waals surface area contributed by atoms with Gasteiger partial charge in [0.2, 0.25) is 0 Å². The van der Waals surface area contributed by atoms with E-state index in [1.165, 1.54) is 4.88 Å². The third-order valence-electron chi connectivity index (χ3n) is 3.20. The van der Waals surface area contributed by atoms with E-state index in [-0.39, 0.29) is 12.1 Å². The molecule has 0 aromatic carbocycles. The zero-order chi connectivity index (χ0) is 11.3. The topological polar surface area (TPSA) is 23.5 Å². The Bertz CT molecular complexity index is 263. The first-order valence-corrected chi connectivity index (χ1v) is 6.53. The Hall–Kier alpha value is -0.380. The molecule has 1 aromatic heterocycles. The fraction of sp³-hybridized carbons (Fsp3) is 0.667. The average molecular weight is 227 g/mol. The lowest BCUT2D eigenvalue weighted by Gasteiger charge is -2.40. The summed E-state index contributed by atoms with van der Waals surface area (Å²) in [4.78, 5) is 3.62. The number of likely N-dealkylation sites (N-methyl/N-ethyl adjacent to an activating group) is 1. The zero-order valence-electron chi connectivity index (χ0n) is 9.86. The molecule has 1 rings (SSSR count). The van der Waals surface area contributed by atoms with Gasteiger partial charge in [0.05, 0.1) is 12.1 Å². The maximum atomic E-state index is 9.75. The number of thiophene rings is 1. The summed E-state index contributed by atoms with van der Waals surface area (Å²) in [6.45, 7) is 8.60. The van der Waals surface area contributed by atoms with Crippen LogP contribution in [0.5, 0.6) is 0 Å². The fourth-order valence-corrected chi connectivity index (χ4v) is 3.23. The molecule has 1 unspecified atom stereocenters. The van der Waals surface area contributed by atoms with Crippen LogP contribution in [0, 0.1) is 0 Å². The van der Waals surface area contributed by atoms with Crippen molar-refractivity contribution in [1.82, 2.24) is 4.90 Å². The molecule has 0 fully saturated rings. The Balaban J connectivity index is 3.06. The maximum absolute atomic E-state index is 9.75. The van der Waals surface area contributed by atoms with Crippen LogP contribution in [-0.2, 0) is 5.54 Å². The van der Waals surface area contributed by atoms with Gasteiger partial charge in [0.1, 0.15) is 0 Å². The third kappa shape index (κ3) is 2.25. The van der Waals surface area contributed by atoms with Crippen molar-refractivity contribution in [1.29, 1.82) is 0 Å². The summed E-state index contributed by atoms with van der Waals surface area (Å²) in [7, 11) is 0. The van der Waals surface area contributed by atoms with Gasteiger partial charge >= 0.3 is 0 Å². The molecule has 3 heteroatoms. The minimum absolute atomic E-state index is 0.169. The number of aliphatic hydroxyl groups excluding tert-OH is 1. The molecule has 0 aliphatic rings. The number of nitrogens with zero attached hydrogens (tertiary/aromatic N) is 1. The van der Waals surface area contributed by atoms with E-state index in [1.807, 2.05) is 0 Å². The van der Waals surface area contributed by atoms with E-state index < -0.39 is 0 Å². The molecule has 1 heterocycles. The van der Waals surface area contributed by atoms with Crippen molar-refractivity contribution in [2.75, 3.05) is 19.7 Å². The van der Waals surface area contributed by atoms with Crippen LogP contribution in [0.2, 0.25) is 0 Å². The molecule has 86 valence electrons. The van der Waals surface area contributed by atoms with Gasteiger partial charge in [0, 0.05) is 4.88 Å². The van der Waals surface area contributed by atoms with Crippen molar-refractivity contribution in [3.05, 3.63) is 22.4 Å². The van der Waals surface area contributed by atoms with E-state index in [0.29, 0.717) is 0 Å². The first-order chi connectivity index (χ1) is 7.25. The van der Waals surface area contributed by atoms with E-state index in [1.54, 1.807) is 11.3 Å². The highest BCUT2D eigenvalue weighted by molar-refractivity contribution is 7.10. The van der Waals surface area contributed by atoms with Crippen LogP contribution >= 0.6 is 11.3 Å². The summed E-state index contributed by atoms with van der Waals surface area (Å²) >= 11 is 1.74. The fourth-order valence-electron chi connectivity index (χ4n) is 2.22. The smallest absolute Gasteiger partial charge is 0.0784 e. The van der Waals surface area contributed by atoms with Gasteiger partial charge in [-0.15, -0.1) is 11.3 Å². The third-order valence-corrected chi connectivity index (χ3v) is 4.26. The summed E-state index contributed by atoms with van der Waals surface area (Å²) in [5, 5.41) is 11.8. The second-order valence-corrected chi connectivity index (χ2v) is 4.64. The van der Waals surface area contributed by atoms with Crippen LogP contribution in [0.15, 0.2) is 17.5 Å². The lowest BCUT2D eigenvalue weighted by atomic mass is 9.92. The maximum Gasteiger partial charge on any atom is 0.0784 e. The van der Waals surface area contributed by atoms with Gasteiger partial charge in [-0.3, -0.25) is 4.90 Å². The molecule has 1 N–H and O–H groups in total. The molecule has 0 saturated carbocycles. The van der Waals surface area contributed by atoms with Crippen LogP contribution in [0.25, 0.3) is 0 Å². The van der Waals surface area contributed by atoms with Gasteiger partial charge in [-0.05, 0) is 31.0 Å². The Morgan fingerprint density at radius 1 is 1.33 bits per heavy atom. The second kappa shape index (κ2) is 5.64. The molecular formula is C12H21NOS. The molecule has 1 aromatic rings. The van der Waals surface area contributed by atoms with Crippen molar-refractivity contribution in [3.8, 4) is 0 Å². The summed E-state index contributed by atoms with van der Waals surface area (Å²) in [6, 6.07) is 4.19. The van der Waals surface area contributed by atoms with Gasteiger partial charge in [0.25, 0.3) is 0 Å². The molecule has 0 amide bonds. The van der Waals surface area contributed by atoms with E-state index in [4.69, 9.17) is 0 Å².